The normalized spacial score (nSPS) is 12.9. The summed E-state index contributed by atoms with van der Waals surface area (Å²) in [5.74, 6) is 0.0312. The van der Waals surface area contributed by atoms with Crippen molar-refractivity contribution in [1.82, 2.24) is 19.9 Å². The SMILES string of the molecule is COC(C)c1nc2c(=O)[nH]c(N)nc2nc1C. The van der Waals surface area contributed by atoms with Crippen molar-refractivity contribution in [3.63, 3.8) is 0 Å². The molecule has 3 N–H and O–H groups in total. The number of aromatic amines is 1. The molecule has 0 aliphatic heterocycles. The second-order valence-corrected chi connectivity index (χ2v) is 3.70. The lowest BCUT2D eigenvalue weighted by Crippen LogP contribution is -2.16. The number of nitrogens with one attached hydrogen (secondary N) is 1. The number of ether oxygens (including phenoxy) is 1. The molecule has 0 saturated heterocycles. The lowest BCUT2D eigenvalue weighted by atomic mass is 10.2. The van der Waals surface area contributed by atoms with Gasteiger partial charge in [0.2, 0.25) is 5.95 Å². The molecule has 1 atom stereocenters. The Balaban J connectivity index is 2.76. The van der Waals surface area contributed by atoms with Crippen molar-refractivity contribution in [2.24, 2.45) is 0 Å². The predicted octanol–water partition coefficient (Wildman–Crippen LogP) is 0.311. The molecular formula is C10H13N5O2. The van der Waals surface area contributed by atoms with Gasteiger partial charge in [0.1, 0.15) is 0 Å². The van der Waals surface area contributed by atoms with E-state index in [2.05, 4.69) is 19.9 Å². The van der Waals surface area contributed by atoms with Gasteiger partial charge in [-0.2, -0.15) is 4.98 Å². The number of aryl methyl sites for hydroxylation is 1. The van der Waals surface area contributed by atoms with Crippen molar-refractivity contribution in [1.29, 1.82) is 0 Å². The second-order valence-electron chi connectivity index (χ2n) is 3.70. The van der Waals surface area contributed by atoms with E-state index in [1.165, 1.54) is 0 Å². The molecule has 0 aromatic carbocycles. The van der Waals surface area contributed by atoms with Gasteiger partial charge in [-0.15, -0.1) is 0 Å². The highest BCUT2D eigenvalue weighted by molar-refractivity contribution is 5.69. The van der Waals surface area contributed by atoms with Gasteiger partial charge in [-0.05, 0) is 13.8 Å². The minimum absolute atomic E-state index is 0.0312. The van der Waals surface area contributed by atoms with Crippen LogP contribution in [0.4, 0.5) is 5.95 Å². The molecule has 0 amide bonds. The van der Waals surface area contributed by atoms with E-state index in [9.17, 15) is 4.79 Å². The van der Waals surface area contributed by atoms with Crippen molar-refractivity contribution in [2.75, 3.05) is 12.8 Å². The summed E-state index contributed by atoms with van der Waals surface area (Å²) in [5, 5.41) is 0. The van der Waals surface area contributed by atoms with Crippen LogP contribution in [0, 0.1) is 6.92 Å². The van der Waals surface area contributed by atoms with Gasteiger partial charge in [0.15, 0.2) is 11.2 Å². The predicted molar refractivity (Wildman–Crippen MR) is 62.5 cm³/mol. The van der Waals surface area contributed by atoms with E-state index < -0.39 is 5.56 Å². The number of hydrogen-bond acceptors (Lipinski definition) is 6. The minimum Gasteiger partial charge on any atom is -0.375 e. The summed E-state index contributed by atoms with van der Waals surface area (Å²) in [6, 6.07) is 0. The number of H-pyrrole nitrogens is 1. The highest BCUT2D eigenvalue weighted by atomic mass is 16.5. The first-order valence-electron chi connectivity index (χ1n) is 5.09. The van der Waals surface area contributed by atoms with Crippen LogP contribution in [0.3, 0.4) is 0 Å². The van der Waals surface area contributed by atoms with E-state index in [0.29, 0.717) is 11.4 Å². The molecule has 0 bridgehead atoms. The van der Waals surface area contributed by atoms with Crippen LogP contribution in [0.2, 0.25) is 0 Å². The molecule has 90 valence electrons. The highest BCUT2D eigenvalue weighted by Gasteiger charge is 2.14. The Morgan fingerprint density at radius 3 is 2.71 bits per heavy atom. The number of rotatable bonds is 2. The molecule has 0 fully saturated rings. The van der Waals surface area contributed by atoms with E-state index >= 15 is 0 Å². The number of nitrogen functional groups attached to an aromatic ring is 1. The fourth-order valence-electron chi connectivity index (χ4n) is 1.56. The smallest absolute Gasteiger partial charge is 0.280 e. The first-order chi connectivity index (χ1) is 8.02. The Kier molecular flexibility index (Phi) is 2.76. The zero-order valence-corrected chi connectivity index (χ0v) is 9.81. The number of aromatic nitrogens is 4. The van der Waals surface area contributed by atoms with Crippen LogP contribution in [0.5, 0.6) is 0 Å². The summed E-state index contributed by atoms with van der Waals surface area (Å²) in [6.07, 6.45) is -0.233. The molecule has 0 spiro atoms. The van der Waals surface area contributed by atoms with Gasteiger partial charge in [0, 0.05) is 7.11 Å². The van der Waals surface area contributed by atoms with Gasteiger partial charge in [0.25, 0.3) is 5.56 Å². The Hall–Kier alpha value is -2.02. The maximum absolute atomic E-state index is 11.7. The topological polar surface area (TPSA) is 107 Å². The van der Waals surface area contributed by atoms with Crippen LogP contribution in [-0.2, 0) is 4.74 Å². The molecule has 0 aliphatic carbocycles. The summed E-state index contributed by atoms with van der Waals surface area (Å²) in [4.78, 5) is 26.4. The molecule has 0 aliphatic rings. The average Bonchev–Trinajstić information content (AvgIpc) is 2.27. The van der Waals surface area contributed by atoms with Crippen LogP contribution in [0.25, 0.3) is 11.2 Å². The van der Waals surface area contributed by atoms with Crippen molar-refractivity contribution >= 4 is 17.1 Å². The van der Waals surface area contributed by atoms with E-state index in [0.717, 1.165) is 0 Å². The third-order valence-corrected chi connectivity index (χ3v) is 2.51. The highest BCUT2D eigenvalue weighted by Crippen LogP contribution is 2.17. The van der Waals surface area contributed by atoms with Gasteiger partial charge in [-0.1, -0.05) is 0 Å². The summed E-state index contributed by atoms with van der Waals surface area (Å²) in [7, 11) is 1.57. The van der Waals surface area contributed by atoms with Crippen LogP contribution in [0.1, 0.15) is 24.4 Å². The standard InChI is InChI=1S/C10H13N5O2/c1-4-6(5(2)17-3)13-7-8(12-4)14-10(11)15-9(7)16/h5H,1-3H3,(H3,11,12,14,15,16). The number of methoxy groups -OCH3 is 1. The van der Waals surface area contributed by atoms with Crippen LogP contribution in [-0.4, -0.2) is 27.0 Å². The van der Waals surface area contributed by atoms with E-state index in [-0.39, 0.29) is 23.2 Å². The second kappa shape index (κ2) is 4.10. The molecule has 2 heterocycles. The van der Waals surface area contributed by atoms with Crippen molar-refractivity contribution in [3.05, 3.63) is 21.7 Å². The molecule has 2 rings (SSSR count). The molecule has 1 unspecified atom stereocenters. The Morgan fingerprint density at radius 1 is 1.35 bits per heavy atom. The van der Waals surface area contributed by atoms with Gasteiger partial charge >= 0.3 is 0 Å². The molecule has 2 aromatic heterocycles. The Labute approximate surface area is 97.1 Å². The summed E-state index contributed by atoms with van der Waals surface area (Å²) in [5.41, 5.74) is 6.75. The molecule has 2 aromatic rings. The molecule has 7 nitrogen and oxygen atoms in total. The maximum atomic E-state index is 11.7. The molecule has 0 radical (unpaired) electrons. The fraction of sp³-hybridized carbons (Fsp3) is 0.400. The number of anilines is 1. The number of hydrogen-bond donors (Lipinski definition) is 2. The van der Waals surface area contributed by atoms with Crippen LogP contribution >= 0.6 is 0 Å². The lowest BCUT2D eigenvalue weighted by Gasteiger charge is -2.11. The number of nitrogens with zero attached hydrogens (tertiary/aromatic N) is 3. The van der Waals surface area contributed by atoms with Crippen molar-refractivity contribution in [2.45, 2.75) is 20.0 Å². The first kappa shape index (κ1) is 11.5. The van der Waals surface area contributed by atoms with Crippen LogP contribution < -0.4 is 11.3 Å². The maximum Gasteiger partial charge on any atom is 0.280 e. The molecule has 17 heavy (non-hydrogen) atoms. The monoisotopic (exact) mass is 235 g/mol. The van der Waals surface area contributed by atoms with E-state index in [1.807, 2.05) is 6.92 Å². The van der Waals surface area contributed by atoms with Gasteiger partial charge in [-0.25, -0.2) is 9.97 Å². The first-order valence-corrected chi connectivity index (χ1v) is 5.09. The van der Waals surface area contributed by atoms with E-state index in [1.54, 1.807) is 14.0 Å². The largest absolute Gasteiger partial charge is 0.375 e. The Morgan fingerprint density at radius 2 is 2.06 bits per heavy atom. The molecule has 0 saturated carbocycles. The summed E-state index contributed by atoms with van der Waals surface area (Å²) >= 11 is 0. The zero-order chi connectivity index (χ0) is 12.6. The molecular weight excluding hydrogens is 222 g/mol. The average molecular weight is 235 g/mol. The minimum atomic E-state index is -0.399. The van der Waals surface area contributed by atoms with Crippen molar-refractivity contribution in [3.8, 4) is 0 Å². The summed E-state index contributed by atoms with van der Waals surface area (Å²) < 4.78 is 5.17. The number of fused-ring (bicyclic) bond motifs is 1. The third-order valence-electron chi connectivity index (χ3n) is 2.51. The quantitative estimate of drug-likeness (QED) is 0.775. The lowest BCUT2D eigenvalue weighted by molar-refractivity contribution is 0.115. The van der Waals surface area contributed by atoms with Gasteiger partial charge in [-0.3, -0.25) is 9.78 Å². The third kappa shape index (κ3) is 1.96. The van der Waals surface area contributed by atoms with Gasteiger partial charge in [0.05, 0.1) is 17.5 Å². The fourth-order valence-corrected chi connectivity index (χ4v) is 1.56. The zero-order valence-electron chi connectivity index (χ0n) is 9.81. The molecule has 7 heteroatoms. The van der Waals surface area contributed by atoms with Crippen LogP contribution in [0.15, 0.2) is 4.79 Å². The van der Waals surface area contributed by atoms with Gasteiger partial charge < -0.3 is 10.5 Å². The van der Waals surface area contributed by atoms with E-state index in [4.69, 9.17) is 10.5 Å². The number of nitrogens with two attached hydrogens (primary N) is 1. The van der Waals surface area contributed by atoms with Crippen molar-refractivity contribution < 1.29 is 4.74 Å². The Bertz CT molecular complexity index is 622. The summed E-state index contributed by atoms with van der Waals surface area (Å²) in [6.45, 7) is 3.62.